The second-order valence-electron chi connectivity index (χ2n) is 7.31. The summed E-state index contributed by atoms with van der Waals surface area (Å²) in [6, 6.07) is 5.96. The number of anilines is 1. The Balaban J connectivity index is 1.63. The van der Waals surface area contributed by atoms with Gasteiger partial charge in [-0.25, -0.2) is 4.98 Å². The fourth-order valence-electron chi connectivity index (χ4n) is 4.31. The molecule has 1 N–H and O–H groups in total. The molecule has 5 heteroatoms. The first kappa shape index (κ1) is 15.3. The number of benzene rings is 1. The average molecular weight is 391 g/mol. The molecule has 4 rings (SSSR count). The molecule has 2 saturated carbocycles. The summed E-state index contributed by atoms with van der Waals surface area (Å²) in [7, 11) is 0. The third-order valence-corrected chi connectivity index (χ3v) is 7.32. The van der Waals surface area contributed by atoms with Crippen LogP contribution in [0.15, 0.2) is 34.8 Å². The normalized spacial score (nSPS) is 28.5. The number of nitrogens with one attached hydrogen (secondary N) is 1. The summed E-state index contributed by atoms with van der Waals surface area (Å²) in [5, 5.41) is 3.75. The zero-order valence-electron chi connectivity index (χ0n) is 13.3. The van der Waals surface area contributed by atoms with E-state index in [1.165, 1.54) is 11.3 Å². The van der Waals surface area contributed by atoms with Crippen LogP contribution in [-0.4, -0.2) is 10.9 Å². The first-order valence-corrected chi connectivity index (χ1v) is 9.51. The molecule has 2 aliphatic rings. The first-order valence-electron chi connectivity index (χ1n) is 7.90. The summed E-state index contributed by atoms with van der Waals surface area (Å²) in [4.78, 5) is 17.6. The number of amides is 1. The zero-order chi connectivity index (χ0) is 16.4. The van der Waals surface area contributed by atoms with Gasteiger partial charge in [-0.05, 0) is 48.8 Å². The van der Waals surface area contributed by atoms with Crippen molar-refractivity contribution < 1.29 is 4.79 Å². The van der Waals surface area contributed by atoms with Crippen LogP contribution < -0.4 is 5.32 Å². The predicted octanol–water partition coefficient (Wildman–Crippen LogP) is 5.38. The van der Waals surface area contributed by atoms with Gasteiger partial charge in [-0.15, -0.1) is 0 Å². The lowest BCUT2D eigenvalue weighted by molar-refractivity contribution is -0.123. The molecule has 0 saturated heterocycles. The molecule has 1 heterocycles. The van der Waals surface area contributed by atoms with Crippen molar-refractivity contribution in [2.75, 3.05) is 5.32 Å². The van der Waals surface area contributed by atoms with Crippen molar-refractivity contribution in [2.24, 2.45) is 16.7 Å². The van der Waals surface area contributed by atoms with Gasteiger partial charge in [-0.1, -0.05) is 53.3 Å². The minimum atomic E-state index is -0.396. The van der Waals surface area contributed by atoms with Crippen LogP contribution in [0.2, 0.25) is 0 Å². The van der Waals surface area contributed by atoms with E-state index in [2.05, 4.69) is 46.7 Å². The highest BCUT2D eigenvalue weighted by atomic mass is 79.9. The third kappa shape index (κ3) is 2.13. The van der Waals surface area contributed by atoms with Gasteiger partial charge in [0.25, 0.3) is 0 Å². The van der Waals surface area contributed by atoms with E-state index in [4.69, 9.17) is 0 Å². The molecule has 2 fully saturated rings. The number of fused-ring (bicyclic) bond motifs is 3. The minimum Gasteiger partial charge on any atom is -0.301 e. The molecule has 0 unspecified atom stereocenters. The fourth-order valence-corrected chi connectivity index (χ4v) is 5.72. The average Bonchev–Trinajstić information content (AvgIpc) is 3.13. The van der Waals surface area contributed by atoms with E-state index in [1.807, 2.05) is 18.2 Å². The molecule has 0 spiro atoms. The lowest BCUT2D eigenvalue weighted by Crippen LogP contribution is -2.37. The van der Waals surface area contributed by atoms with Crippen LogP contribution in [0.25, 0.3) is 10.2 Å². The Morgan fingerprint density at radius 2 is 2.26 bits per heavy atom. The Kier molecular flexibility index (Phi) is 3.27. The number of nitrogens with zero attached hydrogens (tertiary/aromatic N) is 1. The summed E-state index contributed by atoms with van der Waals surface area (Å²) in [5.74, 6) is 0.653. The van der Waals surface area contributed by atoms with Crippen molar-refractivity contribution in [3.05, 3.63) is 34.8 Å². The number of thiazole rings is 1. The molecule has 2 bridgehead atoms. The number of rotatable bonds is 2. The van der Waals surface area contributed by atoms with Crippen molar-refractivity contribution >= 4 is 48.5 Å². The molecule has 0 radical (unpaired) electrons. The molecule has 2 aromatic rings. The van der Waals surface area contributed by atoms with Gasteiger partial charge >= 0.3 is 0 Å². The molecule has 2 atom stereocenters. The zero-order valence-corrected chi connectivity index (χ0v) is 15.7. The summed E-state index contributed by atoms with van der Waals surface area (Å²) >= 11 is 4.99. The van der Waals surface area contributed by atoms with E-state index < -0.39 is 5.41 Å². The van der Waals surface area contributed by atoms with Crippen molar-refractivity contribution in [1.29, 1.82) is 0 Å². The molecule has 1 aromatic heterocycles. The number of aromatic nitrogens is 1. The van der Waals surface area contributed by atoms with Gasteiger partial charge in [0.1, 0.15) is 0 Å². The Morgan fingerprint density at radius 3 is 2.96 bits per heavy atom. The van der Waals surface area contributed by atoms with Crippen LogP contribution in [0.3, 0.4) is 0 Å². The quantitative estimate of drug-likeness (QED) is 0.699. The highest BCUT2D eigenvalue weighted by molar-refractivity contribution is 9.10. The van der Waals surface area contributed by atoms with Crippen molar-refractivity contribution in [1.82, 2.24) is 4.98 Å². The molecule has 1 amide bonds. The second-order valence-corrected chi connectivity index (χ2v) is 9.25. The van der Waals surface area contributed by atoms with Crippen molar-refractivity contribution in [3.8, 4) is 0 Å². The SMILES string of the molecule is C=C1C(C)(C)[C@@H]2CC[C@@]1(C(=O)Nc1nc3ccc(Br)cc3s1)C2. The molecular weight excluding hydrogens is 372 g/mol. The molecule has 0 aliphatic heterocycles. The van der Waals surface area contributed by atoms with E-state index in [-0.39, 0.29) is 11.3 Å². The lowest BCUT2D eigenvalue weighted by atomic mass is 9.68. The lowest BCUT2D eigenvalue weighted by Gasteiger charge is -2.36. The number of hydrogen-bond acceptors (Lipinski definition) is 3. The van der Waals surface area contributed by atoms with Gasteiger partial charge in [0.15, 0.2) is 5.13 Å². The summed E-state index contributed by atoms with van der Waals surface area (Å²) in [6.07, 6.45) is 2.97. The van der Waals surface area contributed by atoms with E-state index in [0.29, 0.717) is 11.0 Å². The molecule has 2 aliphatic carbocycles. The second kappa shape index (κ2) is 4.90. The summed E-state index contributed by atoms with van der Waals surface area (Å²) in [6.45, 7) is 8.75. The monoisotopic (exact) mass is 390 g/mol. The summed E-state index contributed by atoms with van der Waals surface area (Å²) < 4.78 is 2.09. The van der Waals surface area contributed by atoms with Crippen LogP contribution >= 0.6 is 27.3 Å². The topological polar surface area (TPSA) is 42.0 Å². The van der Waals surface area contributed by atoms with Crippen molar-refractivity contribution in [2.45, 2.75) is 33.1 Å². The molecule has 3 nitrogen and oxygen atoms in total. The number of halogens is 1. The van der Waals surface area contributed by atoms with E-state index in [9.17, 15) is 4.79 Å². The number of carbonyl (C=O) groups is 1. The largest absolute Gasteiger partial charge is 0.301 e. The van der Waals surface area contributed by atoms with Crippen molar-refractivity contribution in [3.63, 3.8) is 0 Å². The van der Waals surface area contributed by atoms with E-state index >= 15 is 0 Å². The Labute approximate surface area is 148 Å². The van der Waals surface area contributed by atoms with Crippen LogP contribution in [0, 0.1) is 16.7 Å². The first-order chi connectivity index (χ1) is 10.8. The van der Waals surface area contributed by atoms with Gasteiger partial charge in [0, 0.05) is 4.47 Å². The Hall–Kier alpha value is -1.20. The van der Waals surface area contributed by atoms with E-state index in [0.717, 1.165) is 39.5 Å². The fraction of sp³-hybridized carbons (Fsp3) is 0.444. The highest BCUT2D eigenvalue weighted by Gasteiger charge is 2.60. The van der Waals surface area contributed by atoms with E-state index in [1.54, 1.807) is 0 Å². The number of carbonyl (C=O) groups excluding carboxylic acids is 1. The van der Waals surface area contributed by atoms with Gasteiger partial charge in [0.2, 0.25) is 5.91 Å². The third-order valence-electron chi connectivity index (χ3n) is 5.90. The highest BCUT2D eigenvalue weighted by Crippen LogP contribution is 2.65. The molecule has 23 heavy (non-hydrogen) atoms. The summed E-state index contributed by atoms with van der Waals surface area (Å²) in [5.41, 5.74) is 1.68. The molecular formula is C18H19BrN2OS. The number of hydrogen-bond donors (Lipinski definition) is 1. The van der Waals surface area contributed by atoms with Gasteiger partial charge in [-0.3, -0.25) is 4.79 Å². The van der Waals surface area contributed by atoms with Gasteiger partial charge in [-0.2, -0.15) is 0 Å². The maximum atomic E-state index is 13.0. The smallest absolute Gasteiger partial charge is 0.236 e. The minimum absolute atomic E-state index is 0.0635. The maximum absolute atomic E-state index is 13.0. The van der Waals surface area contributed by atoms with Gasteiger partial charge < -0.3 is 5.32 Å². The standard InChI is InChI=1S/C18H19BrN2OS/c1-10-17(2,3)11-6-7-18(10,9-11)15(22)21-16-20-13-5-4-12(19)8-14(13)23-16/h4-5,8,11H,1,6-7,9H2,2-3H3,(H,20,21,22)/t11-,18-/m1/s1. The van der Waals surface area contributed by atoms with Gasteiger partial charge in [0.05, 0.1) is 15.6 Å². The predicted molar refractivity (Wildman–Crippen MR) is 98.6 cm³/mol. The van der Waals surface area contributed by atoms with Crippen LogP contribution in [0.4, 0.5) is 5.13 Å². The van der Waals surface area contributed by atoms with Crippen LogP contribution in [0.5, 0.6) is 0 Å². The Bertz CT molecular complexity index is 841. The van der Waals surface area contributed by atoms with Crippen LogP contribution in [-0.2, 0) is 4.79 Å². The van der Waals surface area contributed by atoms with Crippen LogP contribution in [0.1, 0.15) is 33.1 Å². The molecule has 120 valence electrons. The molecule has 1 aromatic carbocycles. The maximum Gasteiger partial charge on any atom is 0.236 e. The Morgan fingerprint density at radius 1 is 1.48 bits per heavy atom.